The zero-order chi connectivity index (χ0) is 11.6. The summed E-state index contributed by atoms with van der Waals surface area (Å²) in [6, 6.07) is 3.46. The number of hydrogen-bond donors (Lipinski definition) is 1. The molecule has 0 heterocycles. The zero-order valence-electron chi connectivity index (χ0n) is 7.74. The molecule has 1 aromatic carbocycles. The van der Waals surface area contributed by atoms with Gasteiger partial charge in [-0.05, 0) is 23.3 Å². The van der Waals surface area contributed by atoms with E-state index in [1.165, 1.54) is 12.1 Å². The van der Waals surface area contributed by atoms with Crippen LogP contribution in [0.5, 0.6) is 0 Å². The van der Waals surface area contributed by atoms with Crippen LogP contribution in [0, 0.1) is 0 Å². The van der Waals surface area contributed by atoms with Crippen LogP contribution >= 0.6 is 11.6 Å². The Balaban J connectivity index is 3.15. The van der Waals surface area contributed by atoms with Gasteiger partial charge in [-0.25, -0.2) is 0 Å². The van der Waals surface area contributed by atoms with Gasteiger partial charge in [-0.2, -0.15) is 13.2 Å². The first-order valence-electron chi connectivity index (χ1n) is 4.11. The quantitative estimate of drug-likeness (QED) is 0.836. The highest BCUT2D eigenvalue weighted by Crippen LogP contribution is 2.35. The number of hydrogen-bond acceptors (Lipinski definition) is 1. The molecule has 5 heteroatoms. The van der Waals surface area contributed by atoms with Crippen molar-refractivity contribution in [1.82, 2.24) is 0 Å². The van der Waals surface area contributed by atoms with E-state index in [0.717, 1.165) is 6.07 Å². The Morgan fingerprint density at radius 3 is 2.40 bits per heavy atom. The van der Waals surface area contributed by atoms with Crippen LogP contribution in [0.1, 0.15) is 11.1 Å². The van der Waals surface area contributed by atoms with E-state index in [-0.39, 0.29) is 11.6 Å². The molecule has 0 atom stereocenters. The van der Waals surface area contributed by atoms with Crippen molar-refractivity contribution in [2.75, 3.05) is 6.54 Å². The van der Waals surface area contributed by atoms with Crippen LogP contribution in [0.25, 0.3) is 5.57 Å². The third-order valence-corrected chi connectivity index (χ3v) is 2.24. The van der Waals surface area contributed by atoms with Gasteiger partial charge in [0.15, 0.2) is 0 Å². The molecular weight excluding hydrogens is 227 g/mol. The van der Waals surface area contributed by atoms with E-state index in [1.807, 2.05) is 0 Å². The van der Waals surface area contributed by atoms with Crippen molar-refractivity contribution in [3.63, 3.8) is 0 Å². The molecule has 0 bridgehead atoms. The highest BCUT2D eigenvalue weighted by Gasteiger charge is 2.32. The van der Waals surface area contributed by atoms with Gasteiger partial charge in [-0.15, -0.1) is 0 Å². The van der Waals surface area contributed by atoms with Crippen LogP contribution in [0.2, 0.25) is 5.02 Å². The Kier molecular flexibility index (Phi) is 3.42. The monoisotopic (exact) mass is 235 g/mol. The Morgan fingerprint density at radius 2 is 2.00 bits per heavy atom. The highest BCUT2D eigenvalue weighted by molar-refractivity contribution is 6.31. The molecule has 0 aromatic heterocycles. The Bertz CT molecular complexity index is 385. The minimum atomic E-state index is -4.43. The molecule has 0 radical (unpaired) electrons. The van der Waals surface area contributed by atoms with Gasteiger partial charge in [0.1, 0.15) is 0 Å². The molecular formula is C10H9ClF3N. The number of halogens is 4. The minimum Gasteiger partial charge on any atom is -0.326 e. The summed E-state index contributed by atoms with van der Waals surface area (Å²) in [7, 11) is 0. The molecule has 0 amide bonds. The minimum absolute atomic E-state index is 0.182. The first kappa shape index (κ1) is 12.1. The van der Waals surface area contributed by atoms with Gasteiger partial charge in [0.25, 0.3) is 0 Å². The second kappa shape index (κ2) is 4.24. The van der Waals surface area contributed by atoms with Crippen molar-refractivity contribution in [2.45, 2.75) is 6.18 Å². The first-order chi connectivity index (χ1) is 6.86. The fourth-order valence-electron chi connectivity index (χ4n) is 1.08. The largest absolute Gasteiger partial charge is 0.417 e. The fourth-order valence-corrected chi connectivity index (χ4v) is 1.37. The molecule has 0 aliphatic carbocycles. The molecule has 0 fully saturated rings. The molecule has 0 unspecified atom stereocenters. The molecule has 0 aliphatic rings. The molecule has 0 aliphatic heterocycles. The maximum atomic E-state index is 12.3. The summed E-state index contributed by atoms with van der Waals surface area (Å²) in [5, 5.41) is -0.338. The van der Waals surface area contributed by atoms with E-state index in [9.17, 15) is 13.2 Å². The second-order valence-electron chi connectivity index (χ2n) is 3.00. The van der Waals surface area contributed by atoms with Crippen LogP contribution in [0.15, 0.2) is 24.8 Å². The van der Waals surface area contributed by atoms with E-state index in [1.54, 1.807) is 0 Å². The van der Waals surface area contributed by atoms with Crippen LogP contribution in [-0.4, -0.2) is 6.54 Å². The summed E-state index contributed by atoms with van der Waals surface area (Å²) < 4.78 is 37.0. The summed E-state index contributed by atoms with van der Waals surface area (Å²) in [5.41, 5.74) is 5.53. The molecule has 1 aromatic rings. The summed E-state index contributed by atoms with van der Waals surface area (Å²) in [5.74, 6) is 0. The normalized spacial score (nSPS) is 11.5. The number of rotatable bonds is 2. The van der Waals surface area contributed by atoms with Crippen LogP contribution in [0.4, 0.5) is 13.2 Å². The average Bonchev–Trinajstić information content (AvgIpc) is 2.14. The smallest absolute Gasteiger partial charge is 0.326 e. The number of benzene rings is 1. The molecule has 0 saturated carbocycles. The van der Waals surface area contributed by atoms with Crippen molar-refractivity contribution >= 4 is 17.2 Å². The molecule has 2 N–H and O–H groups in total. The van der Waals surface area contributed by atoms with Crippen molar-refractivity contribution in [3.05, 3.63) is 40.9 Å². The topological polar surface area (TPSA) is 26.0 Å². The predicted octanol–water partition coefficient (Wildman–Crippen LogP) is 3.33. The van der Waals surface area contributed by atoms with Crippen molar-refractivity contribution in [1.29, 1.82) is 0 Å². The second-order valence-corrected chi connectivity index (χ2v) is 3.41. The Hall–Kier alpha value is -1.00. The van der Waals surface area contributed by atoms with Crippen LogP contribution < -0.4 is 5.73 Å². The summed E-state index contributed by atoms with van der Waals surface area (Å²) in [4.78, 5) is 0. The third-order valence-electron chi connectivity index (χ3n) is 1.93. The SMILES string of the molecule is C=C(CN)c1ccc(C(F)(F)F)c(Cl)c1. The van der Waals surface area contributed by atoms with Gasteiger partial charge in [0.2, 0.25) is 0 Å². The van der Waals surface area contributed by atoms with E-state index in [4.69, 9.17) is 17.3 Å². The average molecular weight is 236 g/mol. The van der Waals surface area contributed by atoms with E-state index < -0.39 is 11.7 Å². The van der Waals surface area contributed by atoms with E-state index in [2.05, 4.69) is 6.58 Å². The van der Waals surface area contributed by atoms with Gasteiger partial charge in [0, 0.05) is 6.54 Å². The van der Waals surface area contributed by atoms with Gasteiger partial charge >= 0.3 is 6.18 Å². The lowest BCUT2D eigenvalue weighted by molar-refractivity contribution is -0.137. The van der Waals surface area contributed by atoms with E-state index >= 15 is 0 Å². The van der Waals surface area contributed by atoms with Crippen molar-refractivity contribution in [2.24, 2.45) is 5.73 Å². The lowest BCUT2D eigenvalue weighted by Gasteiger charge is -2.10. The fraction of sp³-hybridized carbons (Fsp3) is 0.200. The molecule has 0 saturated heterocycles. The zero-order valence-corrected chi connectivity index (χ0v) is 8.49. The Morgan fingerprint density at radius 1 is 1.40 bits per heavy atom. The maximum Gasteiger partial charge on any atom is 0.417 e. The predicted molar refractivity (Wildman–Crippen MR) is 54.5 cm³/mol. The Labute approximate surface area is 90.3 Å². The van der Waals surface area contributed by atoms with Gasteiger partial charge < -0.3 is 5.73 Å². The number of alkyl halides is 3. The lowest BCUT2D eigenvalue weighted by Crippen LogP contribution is -2.07. The first-order valence-corrected chi connectivity index (χ1v) is 4.49. The van der Waals surface area contributed by atoms with Gasteiger partial charge in [-0.3, -0.25) is 0 Å². The third kappa shape index (κ3) is 2.73. The van der Waals surface area contributed by atoms with Crippen molar-refractivity contribution in [3.8, 4) is 0 Å². The van der Waals surface area contributed by atoms with Crippen molar-refractivity contribution < 1.29 is 13.2 Å². The molecule has 0 spiro atoms. The van der Waals surface area contributed by atoms with Gasteiger partial charge in [0.05, 0.1) is 10.6 Å². The van der Waals surface area contributed by atoms with Crippen LogP contribution in [-0.2, 0) is 6.18 Å². The summed E-state index contributed by atoms with van der Waals surface area (Å²) in [6.45, 7) is 3.79. The van der Waals surface area contributed by atoms with E-state index in [0.29, 0.717) is 11.1 Å². The molecule has 1 rings (SSSR count). The van der Waals surface area contributed by atoms with Crippen LogP contribution in [0.3, 0.4) is 0 Å². The van der Waals surface area contributed by atoms with Gasteiger partial charge in [-0.1, -0.05) is 24.2 Å². The maximum absolute atomic E-state index is 12.3. The molecule has 1 nitrogen and oxygen atoms in total. The molecule has 82 valence electrons. The lowest BCUT2D eigenvalue weighted by atomic mass is 10.1. The summed E-state index contributed by atoms with van der Waals surface area (Å²) >= 11 is 5.51. The summed E-state index contributed by atoms with van der Waals surface area (Å²) in [6.07, 6.45) is -4.43. The number of nitrogens with two attached hydrogens (primary N) is 1. The highest BCUT2D eigenvalue weighted by atomic mass is 35.5. The molecule has 15 heavy (non-hydrogen) atoms. The standard InChI is InChI=1S/C10H9ClF3N/c1-6(5-15)7-2-3-8(9(11)4-7)10(12,13)14/h2-4H,1,5,15H2.